The lowest BCUT2D eigenvalue weighted by molar-refractivity contribution is 0.0697. The number of benzene rings is 2. The van der Waals surface area contributed by atoms with Crippen molar-refractivity contribution >= 4 is 11.7 Å². The summed E-state index contributed by atoms with van der Waals surface area (Å²) in [5.74, 6) is -0.879. The van der Waals surface area contributed by atoms with E-state index in [-0.39, 0.29) is 0 Å². The van der Waals surface area contributed by atoms with Crippen molar-refractivity contribution in [2.75, 3.05) is 11.4 Å². The summed E-state index contributed by atoms with van der Waals surface area (Å²) in [6, 6.07) is 15.6. The van der Waals surface area contributed by atoms with Gasteiger partial charge in [0.05, 0.1) is 5.56 Å². The second-order valence-electron chi connectivity index (χ2n) is 4.79. The Morgan fingerprint density at radius 3 is 2.37 bits per heavy atom. The molecule has 1 aliphatic heterocycles. The van der Waals surface area contributed by atoms with E-state index in [0.29, 0.717) is 5.56 Å². The minimum Gasteiger partial charge on any atom is -0.478 e. The van der Waals surface area contributed by atoms with Crippen LogP contribution in [0, 0.1) is 0 Å². The Hall–Kier alpha value is -2.29. The zero-order chi connectivity index (χ0) is 13.2. The third-order valence-corrected chi connectivity index (χ3v) is 3.61. The molecule has 3 rings (SSSR count). The number of carboxylic acids is 1. The van der Waals surface area contributed by atoms with Gasteiger partial charge in [0.2, 0.25) is 0 Å². The van der Waals surface area contributed by atoms with Crippen LogP contribution in [0.15, 0.2) is 48.5 Å². The molecule has 0 aromatic heterocycles. The Morgan fingerprint density at radius 1 is 1.00 bits per heavy atom. The fourth-order valence-electron chi connectivity index (χ4n) is 2.53. The van der Waals surface area contributed by atoms with Crippen molar-refractivity contribution in [2.45, 2.75) is 13.0 Å². The third-order valence-electron chi connectivity index (χ3n) is 3.61. The van der Waals surface area contributed by atoms with Crippen molar-refractivity contribution in [1.29, 1.82) is 0 Å². The van der Waals surface area contributed by atoms with Gasteiger partial charge in [-0.1, -0.05) is 24.3 Å². The molecule has 0 saturated heterocycles. The van der Waals surface area contributed by atoms with Gasteiger partial charge in [-0.15, -0.1) is 0 Å². The van der Waals surface area contributed by atoms with E-state index in [1.807, 2.05) is 12.1 Å². The molecule has 1 aliphatic rings. The number of hydrogen-bond acceptors (Lipinski definition) is 2. The topological polar surface area (TPSA) is 40.5 Å². The molecule has 0 radical (unpaired) electrons. The van der Waals surface area contributed by atoms with Gasteiger partial charge in [0.25, 0.3) is 0 Å². The van der Waals surface area contributed by atoms with E-state index in [1.165, 1.54) is 11.1 Å². The van der Waals surface area contributed by atoms with Crippen molar-refractivity contribution < 1.29 is 9.90 Å². The summed E-state index contributed by atoms with van der Waals surface area (Å²) < 4.78 is 0. The Kier molecular flexibility index (Phi) is 2.95. The highest BCUT2D eigenvalue weighted by Gasteiger charge is 2.16. The highest BCUT2D eigenvalue weighted by atomic mass is 16.4. The molecule has 3 heteroatoms. The number of anilines is 1. The van der Waals surface area contributed by atoms with Crippen molar-refractivity contribution in [3.05, 3.63) is 65.2 Å². The summed E-state index contributed by atoms with van der Waals surface area (Å²) >= 11 is 0. The van der Waals surface area contributed by atoms with Crippen LogP contribution in [0.1, 0.15) is 21.5 Å². The van der Waals surface area contributed by atoms with Gasteiger partial charge in [-0.05, 0) is 41.8 Å². The van der Waals surface area contributed by atoms with E-state index in [9.17, 15) is 4.79 Å². The first-order valence-electron chi connectivity index (χ1n) is 6.39. The lowest BCUT2D eigenvalue weighted by atomic mass is 9.99. The van der Waals surface area contributed by atoms with Gasteiger partial charge < -0.3 is 10.0 Å². The average molecular weight is 253 g/mol. The van der Waals surface area contributed by atoms with E-state index < -0.39 is 5.97 Å². The zero-order valence-corrected chi connectivity index (χ0v) is 10.5. The lowest BCUT2D eigenvalue weighted by Gasteiger charge is -2.30. The summed E-state index contributed by atoms with van der Waals surface area (Å²) in [6.07, 6.45) is 1.04. The first-order chi connectivity index (χ1) is 9.24. The molecule has 0 amide bonds. The van der Waals surface area contributed by atoms with Gasteiger partial charge in [-0.2, -0.15) is 0 Å². The van der Waals surface area contributed by atoms with E-state index in [1.54, 1.807) is 12.1 Å². The van der Waals surface area contributed by atoms with Gasteiger partial charge in [-0.3, -0.25) is 0 Å². The SMILES string of the molecule is O=C(O)c1ccc(N2CCc3ccccc3C2)cc1. The normalized spacial score (nSPS) is 14.0. The third kappa shape index (κ3) is 2.32. The molecule has 0 bridgehead atoms. The van der Waals surface area contributed by atoms with Crippen LogP contribution in [-0.2, 0) is 13.0 Å². The maximum Gasteiger partial charge on any atom is 0.335 e. The maximum absolute atomic E-state index is 10.8. The van der Waals surface area contributed by atoms with E-state index in [4.69, 9.17) is 5.11 Å². The van der Waals surface area contributed by atoms with Crippen LogP contribution in [0.25, 0.3) is 0 Å². The molecule has 1 N–H and O–H groups in total. The van der Waals surface area contributed by atoms with Gasteiger partial charge in [-0.25, -0.2) is 4.79 Å². The second-order valence-corrected chi connectivity index (χ2v) is 4.79. The number of carbonyl (C=O) groups is 1. The second kappa shape index (κ2) is 4.76. The molecule has 0 atom stereocenters. The van der Waals surface area contributed by atoms with Crippen LogP contribution in [0.2, 0.25) is 0 Å². The number of nitrogens with zero attached hydrogens (tertiary/aromatic N) is 1. The molecular weight excluding hydrogens is 238 g/mol. The van der Waals surface area contributed by atoms with Gasteiger partial charge in [0.15, 0.2) is 0 Å². The first kappa shape index (κ1) is 11.8. The largest absolute Gasteiger partial charge is 0.478 e. The number of aromatic carboxylic acids is 1. The molecule has 96 valence electrons. The lowest BCUT2D eigenvalue weighted by Crippen LogP contribution is -2.30. The Labute approximate surface area is 112 Å². The number of carboxylic acid groups (broad SMARTS) is 1. The van der Waals surface area contributed by atoms with Gasteiger partial charge >= 0.3 is 5.97 Å². The highest BCUT2D eigenvalue weighted by molar-refractivity contribution is 5.88. The zero-order valence-electron chi connectivity index (χ0n) is 10.5. The van der Waals surface area contributed by atoms with Crippen LogP contribution in [0.3, 0.4) is 0 Å². The predicted octanol–water partition coefficient (Wildman–Crippen LogP) is 2.95. The maximum atomic E-state index is 10.8. The Bertz CT molecular complexity index is 604. The quantitative estimate of drug-likeness (QED) is 0.894. The molecule has 2 aromatic rings. The van der Waals surface area contributed by atoms with E-state index in [0.717, 1.165) is 25.2 Å². The molecular formula is C16H15NO2. The summed E-state index contributed by atoms with van der Waals surface area (Å²) in [5, 5.41) is 8.90. The molecule has 0 saturated carbocycles. The van der Waals surface area contributed by atoms with Gasteiger partial charge in [0.1, 0.15) is 0 Å². The summed E-state index contributed by atoms with van der Waals surface area (Å²) in [5.41, 5.74) is 4.19. The molecule has 2 aromatic carbocycles. The standard InChI is InChI=1S/C16H15NO2/c18-16(19)13-5-7-15(8-6-13)17-10-9-12-3-1-2-4-14(12)11-17/h1-8H,9-11H2,(H,18,19). The smallest absolute Gasteiger partial charge is 0.335 e. The number of rotatable bonds is 2. The average Bonchev–Trinajstić information content (AvgIpc) is 2.47. The van der Waals surface area contributed by atoms with E-state index in [2.05, 4.69) is 29.2 Å². The monoisotopic (exact) mass is 253 g/mol. The van der Waals surface area contributed by atoms with Crippen molar-refractivity contribution in [2.24, 2.45) is 0 Å². The first-order valence-corrected chi connectivity index (χ1v) is 6.39. The number of fused-ring (bicyclic) bond motifs is 1. The number of hydrogen-bond donors (Lipinski definition) is 1. The fraction of sp³-hybridized carbons (Fsp3) is 0.188. The molecule has 0 unspecified atom stereocenters. The van der Waals surface area contributed by atoms with Crippen LogP contribution in [0.5, 0.6) is 0 Å². The molecule has 0 aliphatic carbocycles. The van der Waals surface area contributed by atoms with Crippen LogP contribution >= 0.6 is 0 Å². The molecule has 1 heterocycles. The molecule has 0 spiro atoms. The summed E-state index contributed by atoms with van der Waals surface area (Å²) in [6.45, 7) is 1.87. The highest BCUT2D eigenvalue weighted by Crippen LogP contribution is 2.24. The molecule has 19 heavy (non-hydrogen) atoms. The minimum absolute atomic E-state index is 0.334. The predicted molar refractivity (Wildman–Crippen MR) is 74.6 cm³/mol. The summed E-state index contributed by atoms with van der Waals surface area (Å²) in [4.78, 5) is 13.1. The Morgan fingerprint density at radius 2 is 1.68 bits per heavy atom. The van der Waals surface area contributed by atoms with Crippen LogP contribution in [0.4, 0.5) is 5.69 Å². The van der Waals surface area contributed by atoms with Crippen LogP contribution in [-0.4, -0.2) is 17.6 Å². The van der Waals surface area contributed by atoms with Crippen molar-refractivity contribution in [3.63, 3.8) is 0 Å². The fourth-order valence-corrected chi connectivity index (χ4v) is 2.53. The van der Waals surface area contributed by atoms with Gasteiger partial charge in [0, 0.05) is 18.8 Å². The van der Waals surface area contributed by atoms with E-state index >= 15 is 0 Å². The summed E-state index contributed by atoms with van der Waals surface area (Å²) in [7, 11) is 0. The minimum atomic E-state index is -0.879. The Balaban J connectivity index is 1.83. The molecule has 3 nitrogen and oxygen atoms in total. The van der Waals surface area contributed by atoms with Crippen molar-refractivity contribution in [1.82, 2.24) is 0 Å². The molecule has 0 fully saturated rings. The van der Waals surface area contributed by atoms with Crippen molar-refractivity contribution in [3.8, 4) is 0 Å². The van der Waals surface area contributed by atoms with Crippen LogP contribution < -0.4 is 4.90 Å².